The minimum Gasteiger partial charge on any atom is -0.476 e. The fourth-order valence-corrected chi connectivity index (χ4v) is 1.75. The molecule has 2 aromatic rings. The quantitative estimate of drug-likeness (QED) is 0.851. The van der Waals surface area contributed by atoms with Crippen LogP contribution in [0.1, 0.15) is 21.9 Å². The number of rotatable bonds is 5. The van der Waals surface area contributed by atoms with Gasteiger partial charge in [0.15, 0.2) is 5.69 Å². The molecule has 0 saturated heterocycles. The van der Waals surface area contributed by atoms with E-state index in [1.165, 1.54) is 15.8 Å². The van der Waals surface area contributed by atoms with E-state index in [-0.39, 0.29) is 18.1 Å². The van der Waals surface area contributed by atoms with E-state index in [2.05, 4.69) is 15.3 Å². The van der Waals surface area contributed by atoms with Crippen LogP contribution in [0.5, 0.6) is 0 Å². The van der Waals surface area contributed by atoms with Gasteiger partial charge in [-0.05, 0) is 19.1 Å². The molecular weight excluding hydrogens is 274 g/mol. The molecule has 21 heavy (non-hydrogen) atoms. The third kappa shape index (κ3) is 3.85. The lowest BCUT2D eigenvalue weighted by Gasteiger charge is -2.16. The van der Waals surface area contributed by atoms with E-state index in [0.29, 0.717) is 6.54 Å². The minimum atomic E-state index is -1.17. The average molecular weight is 289 g/mol. The Morgan fingerprint density at radius 1 is 1.38 bits per heavy atom. The predicted octanol–water partition coefficient (Wildman–Crippen LogP) is 0.338. The SMILES string of the molecule is Cc1cccc(CN(C)C(=O)Cn2cc(C(=O)O)nn2)n1. The maximum absolute atomic E-state index is 12.0. The molecule has 0 spiro atoms. The Labute approximate surface area is 121 Å². The molecule has 0 unspecified atom stereocenters. The summed E-state index contributed by atoms with van der Waals surface area (Å²) in [6, 6.07) is 5.61. The van der Waals surface area contributed by atoms with Crippen molar-refractivity contribution in [2.75, 3.05) is 7.05 Å². The minimum absolute atomic E-state index is 0.0669. The van der Waals surface area contributed by atoms with E-state index in [1.54, 1.807) is 7.05 Å². The lowest BCUT2D eigenvalue weighted by atomic mass is 10.3. The van der Waals surface area contributed by atoms with Gasteiger partial charge in [-0.25, -0.2) is 9.48 Å². The number of carbonyl (C=O) groups excluding carboxylic acids is 1. The number of carboxylic acids is 1. The number of hydrogen-bond donors (Lipinski definition) is 1. The van der Waals surface area contributed by atoms with Crippen molar-refractivity contribution >= 4 is 11.9 Å². The van der Waals surface area contributed by atoms with Crippen LogP contribution in [0.2, 0.25) is 0 Å². The third-order valence-corrected chi connectivity index (χ3v) is 2.83. The van der Waals surface area contributed by atoms with Gasteiger partial charge in [0.05, 0.1) is 18.4 Å². The summed E-state index contributed by atoms with van der Waals surface area (Å²) in [5.74, 6) is -1.38. The maximum Gasteiger partial charge on any atom is 0.358 e. The normalized spacial score (nSPS) is 10.4. The van der Waals surface area contributed by atoms with E-state index >= 15 is 0 Å². The molecule has 0 radical (unpaired) electrons. The number of hydrogen-bond acceptors (Lipinski definition) is 5. The first-order valence-electron chi connectivity index (χ1n) is 6.25. The molecule has 2 heterocycles. The van der Waals surface area contributed by atoms with Crippen molar-refractivity contribution < 1.29 is 14.7 Å². The van der Waals surface area contributed by atoms with Gasteiger partial charge in [0, 0.05) is 12.7 Å². The van der Waals surface area contributed by atoms with Crippen LogP contribution in [0.25, 0.3) is 0 Å². The zero-order valence-electron chi connectivity index (χ0n) is 11.7. The number of aromatic nitrogens is 4. The molecule has 0 aliphatic heterocycles. The molecule has 0 aliphatic rings. The lowest BCUT2D eigenvalue weighted by Crippen LogP contribution is -2.30. The second-order valence-corrected chi connectivity index (χ2v) is 4.63. The molecule has 0 aromatic carbocycles. The number of carbonyl (C=O) groups is 2. The number of aromatic carboxylic acids is 1. The molecular formula is C13H15N5O3. The van der Waals surface area contributed by atoms with Gasteiger partial charge in [0.2, 0.25) is 5.91 Å². The molecule has 0 atom stereocenters. The second kappa shape index (κ2) is 6.12. The first-order chi connectivity index (χ1) is 9.95. The molecule has 2 rings (SSSR count). The second-order valence-electron chi connectivity index (χ2n) is 4.63. The van der Waals surface area contributed by atoms with E-state index in [9.17, 15) is 9.59 Å². The van der Waals surface area contributed by atoms with E-state index < -0.39 is 5.97 Å². The van der Waals surface area contributed by atoms with Crippen molar-refractivity contribution in [2.24, 2.45) is 0 Å². The van der Waals surface area contributed by atoms with Crippen LogP contribution in [-0.2, 0) is 17.9 Å². The van der Waals surface area contributed by atoms with Crippen molar-refractivity contribution in [2.45, 2.75) is 20.0 Å². The molecule has 0 aliphatic carbocycles. The van der Waals surface area contributed by atoms with Crippen molar-refractivity contribution in [3.63, 3.8) is 0 Å². The number of carboxylic acid groups (broad SMARTS) is 1. The highest BCUT2D eigenvalue weighted by atomic mass is 16.4. The molecule has 1 amide bonds. The van der Waals surface area contributed by atoms with E-state index in [4.69, 9.17) is 5.11 Å². The van der Waals surface area contributed by atoms with Crippen LogP contribution in [0.15, 0.2) is 24.4 Å². The Bertz CT molecular complexity index is 667. The zero-order valence-corrected chi connectivity index (χ0v) is 11.7. The summed E-state index contributed by atoms with van der Waals surface area (Å²) in [7, 11) is 1.65. The predicted molar refractivity (Wildman–Crippen MR) is 72.4 cm³/mol. The average Bonchev–Trinajstić information content (AvgIpc) is 2.87. The third-order valence-electron chi connectivity index (χ3n) is 2.83. The van der Waals surface area contributed by atoms with Gasteiger partial charge >= 0.3 is 5.97 Å². The van der Waals surface area contributed by atoms with Gasteiger partial charge in [-0.2, -0.15) is 0 Å². The molecule has 110 valence electrons. The van der Waals surface area contributed by atoms with Crippen LogP contribution in [-0.4, -0.2) is 48.9 Å². The Morgan fingerprint density at radius 3 is 2.76 bits per heavy atom. The summed E-state index contributed by atoms with van der Waals surface area (Å²) in [6.07, 6.45) is 1.22. The Morgan fingerprint density at radius 2 is 2.14 bits per heavy atom. The summed E-state index contributed by atoms with van der Waals surface area (Å²) in [5, 5.41) is 15.8. The van der Waals surface area contributed by atoms with Crippen LogP contribution in [0, 0.1) is 6.92 Å². The zero-order chi connectivity index (χ0) is 15.4. The van der Waals surface area contributed by atoms with Gasteiger partial charge in [0.1, 0.15) is 6.54 Å². The largest absolute Gasteiger partial charge is 0.476 e. The molecule has 0 saturated carbocycles. The fourth-order valence-electron chi connectivity index (χ4n) is 1.75. The van der Waals surface area contributed by atoms with Crippen LogP contribution < -0.4 is 0 Å². The van der Waals surface area contributed by atoms with Crippen LogP contribution in [0.4, 0.5) is 0 Å². The Balaban J connectivity index is 1.97. The van der Waals surface area contributed by atoms with Gasteiger partial charge < -0.3 is 10.0 Å². The lowest BCUT2D eigenvalue weighted by molar-refractivity contribution is -0.131. The molecule has 2 aromatic heterocycles. The Kier molecular flexibility index (Phi) is 4.27. The molecule has 1 N–H and O–H groups in total. The summed E-state index contributed by atoms with van der Waals surface area (Å²) >= 11 is 0. The summed E-state index contributed by atoms with van der Waals surface area (Å²) in [6.45, 7) is 2.19. The standard InChI is InChI=1S/C13H15N5O3/c1-9-4-3-5-10(14-9)6-17(2)12(19)8-18-7-11(13(20)21)15-16-18/h3-5,7H,6,8H2,1-2H3,(H,20,21). The fraction of sp³-hybridized carbons (Fsp3) is 0.308. The van der Waals surface area contributed by atoms with Crippen molar-refractivity contribution in [3.8, 4) is 0 Å². The highest BCUT2D eigenvalue weighted by molar-refractivity contribution is 5.84. The number of pyridine rings is 1. The van der Waals surface area contributed by atoms with Gasteiger partial charge in [0.25, 0.3) is 0 Å². The monoisotopic (exact) mass is 289 g/mol. The van der Waals surface area contributed by atoms with Gasteiger partial charge in [-0.15, -0.1) is 5.10 Å². The molecule has 8 heteroatoms. The molecule has 0 fully saturated rings. The van der Waals surface area contributed by atoms with E-state index in [0.717, 1.165) is 11.4 Å². The number of likely N-dealkylation sites (N-methyl/N-ethyl adjacent to an activating group) is 1. The number of aryl methyl sites for hydroxylation is 1. The molecule has 0 bridgehead atoms. The highest BCUT2D eigenvalue weighted by Gasteiger charge is 2.14. The van der Waals surface area contributed by atoms with Crippen molar-refractivity contribution in [1.82, 2.24) is 24.9 Å². The number of nitrogens with zero attached hydrogens (tertiary/aromatic N) is 5. The summed E-state index contributed by atoms with van der Waals surface area (Å²) in [4.78, 5) is 28.6. The highest BCUT2D eigenvalue weighted by Crippen LogP contribution is 2.03. The first kappa shape index (κ1) is 14.6. The van der Waals surface area contributed by atoms with E-state index in [1.807, 2.05) is 25.1 Å². The first-order valence-corrected chi connectivity index (χ1v) is 6.25. The Hall–Kier alpha value is -2.77. The summed E-state index contributed by atoms with van der Waals surface area (Å²) in [5.41, 5.74) is 1.48. The van der Waals surface area contributed by atoms with Crippen LogP contribution >= 0.6 is 0 Å². The van der Waals surface area contributed by atoms with Crippen molar-refractivity contribution in [1.29, 1.82) is 0 Å². The van der Waals surface area contributed by atoms with Crippen molar-refractivity contribution in [3.05, 3.63) is 41.5 Å². The smallest absolute Gasteiger partial charge is 0.358 e. The van der Waals surface area contributed by atoms with Gasteiger partial charge in [-0.3, -0.25) is 9.78 Å². The maximum atomic E-state index is 12.0. The topological polar surface area (TPSA) is 101 Å². The summed E-state index contributed by atoms with van der Waals surface area (Å²) < 4.78 is 1.20. The van der Waals surface area contributed by atoms with Crippen LogP contribution in [0.3, 0.4) is 0 Å². The molecule has 8 nitrogen and oxygen atoms in total. The number of amides is 1. The van der Waals surface area contributed by atoms with Gasteiger partial charge in [-0.1, -0.05) is 11.3 Å².